The van der Waals surface area contributed by atoms with E-state index in [1.165, 1.54) is 5.39 Å². The number of pyridine rings is 2. The lowest BCUT2D eigenvalue weighted by Crippen LogP contribution is -2.08. The number of benzene rings is 4. The van der Waals surface area contributed by atoms with Crippen LogP contribution in [-0.4, -0.2) is 34.1 Å². The molecule has 0 aliphatic carbocycles. The fourth-order valence-corrected chi connectivity index (χ4v) is 6.24. The first kappa shape index (κ1) is 24.4. The van der Waals surface area contributed by atoms with Crippen LogP contribution < -0.4 is 0 Å². The van der Waals surface area contributed by atoms with Gasteiger partial charge >= 0.3 is 0 Å². The highest BCUT2D eigenvalue weighted by atomic mass is 15.2. The van der Waals surface area contributed by atoms with Crippen molar-refractivity contribution in [2.75, 3.05) is 0 Å². The predicted octanol–water partition coefficient (Wildman–Crippen LogP) is 8.19. The third-order valence-electron chi connectivity index (χ3n) is 8.09. The van der Waals surface area contributed by atoms with Gasteiger partial charge in [-0.1, -0.05) is 78.9 Å². The summed E-state index contributed by atoms with van der Waals surface area (Å²) in [4.78, 5) is 24.1. The lowest BCUT2D eigenvalue weighted by atomic mass is 10.1. The highest BCUT2D eigenvalue weighted by Gasteiger charge is 2.23. The molecule has 0 aliphatic heterocycles. The van der Waals surface area contributed by atoms with Crippen LogP contribution in [0.25, 0.3) is 78.3 Å². The summed E-state index contributed by atoms with van der Waals surface area (Å²) < 4.78 is 4.52. The van der Waals surface area contributed by atoms with Crippen LogP contribution in [0.15, 0.2) is 140 Å². The maximum atomic E-state index is 5.08. The first-order valence-corrected chi connectivity index (χ1v) is 14.5. The largest absolute Gasteiger partial charge is 0.307 e. The molecule has 5 heterocycles. The summed E-state index contributed by atoms with van der Waals surface area (Å²) in [7, 11) is 0. The van der Waals surface area contributed by atoms with Crippen LogP contribution in [0.5, 0.6) is 0 Å². The van der Waals surface area contributed by atoms with Gasteiger partial charge in [-0.2, -0.15) is 9.97 Å². The van der Waals surface area contributed by atoms with Gasteiger partial charge < -0.3 is 4.57 Å². The molecule has 0 spiro atoms. The van der Waals surface area contributed by atoms with Crippen LogP contribution in [0.3, 0.4) is 0 Å². The Balaban J connectivity index is 1.48. The monoisotopic (exact) mass is 565 g/mol. The van der Waals surface area contributed by atoms with Crippen molar-refractivity contribution in [3.8, 4) is 34.7 Å². The second-order valence-corrected chi connectivity index (χ2v) is 10.6. The van der Waals surface area contributed by atoms with Gasteiger partial charge in [-0.15, -0.1) is 0 Å². The fraction of sp³-hybridized carbons (Fsp3) is 0. The van der Waals surface area contributed by atoms with Crippen molar-refractivity contribution in [1.29, 1.82) is 0 Å². The molecule has 44 heavy (non-hydrogen) atoms. The molecule has 5 aromatic heterocycles. The average Bonchev–Trinajstić information content (AvgIpc) is 3.62. The maximum Gasteiger partial charge on any atom is 0.238 e. The van der Waals surface area contributed by atoms with Crippen molar-refractivity contribution in [3.63, 3.8) is 0 Å². The third kappa shape index (κ3) is 3.66. The number of nitrogens with zero attached hydrogens (tertiary/aromatic N) is 7. The number of fused-ring (bicyclic) bond motifs is 7. The van der Waals surface area contributed by atoms with E-state index >= 15 is 0 Å². The number of aromatic nitrogens is 7. The number of hydrogen-bond acceptors (Lipinski definition) is 5. The minimum Gasteiger partial charge on any atom is -0.307 e. The number of rotatable bonds is 4. The minimum absolute atomic E-state index is 0.484. The van der Waals surface area contributed by atoms with Gasteiger partial charge in [-0.05, 0) is 48.5 Å². The van der Waals surface area contributed by atoms with Crippen molar-refractivity contribution >= 4 is 43.6 Å². The first-order valence-electron chi connectivity index (χ1n) is 14.5. The van der Waals surface area contributed by atoms with Gasteiger partial charge in [0, 0.05) is 39.6 Å². The molecule has 4 aromatic carbocycles. The number of para-hydroxylation sites is 3. The summed E-state index contributed by atoms with van der Waals surface area (Å²) >= 11 is 0. The zero-order chi connectivity index (χ0) is 29.0. The van der Waals surface area contributed by atoms with E-state index in [9.17, 15) is 0 Å². The molecule has 0 amide bonds. The summed E-state index contributed by atoms with van der Waals surface area (Å²) in [6, 6.07) is 43.4. The van der Waals surface area contributed by atoms with Crippen LogP contribution in [0.4, 0.5) is 0 Å². The molecule has 0 fully saturated rings. The minimum atomic E-state index is 0.484. The summed E-state index contributed by atoms with van der Waals surface area (Å²) in [5.74, 6) is 1.47. The topological polar surface area (TPSA) is 74.3 Å². The Morgan fingerprint density at radius 1 is 0.386 bits per heavy atom. The zero-order valence-corrected chi connectivity index (χ0v) is 23.4. The van der Waals surface area contributed by atoms with E-state index in [1.807, 2.05) is 42.5 Å². The Kier molecular flexibility index (Phi) is 5.36. The zero-order valence-electron chi connectivity index (χ0n) is 23.4. The molecule has 0 saturated heterocycles. The Morgan fingerprint density at radius 3 is 1.45 bits per heavy atom. The second-order valence-electron chi connectivity index (χ2n) is 10.6. The average molecular weight is 566 g/mol. The van der Waals surface area contributed by atoms with Gasteiger partial charge in [0.2, 0.25) is 5.95 Å². The van der Waals surface area contributed by atoms with E-state index < -0.39 is 0 Å². The maximum absolute atomic E-state index is 5.08. The quantitative estimate of drug-likeness (QED) is 0.215. The Labute approximate surface area is 251 Å². The summed E-state index contributed by atoms with van der Waals surface area (Å²) in [6.45, 7) is 0. The van der Waals surface area contributed by atoms with Crippen molar-refractivity contribution in [3.05, 3.63) is 140 Å². The van der Waals surface area contributed by atoms with Crippen LogP contribution >= 0.6 is 0 Å². The lowest BCUT2D eigenvalue weighted by molar-refractivity contribution is 0.943. The van der Waals surface area contributed by atoms with Crippen LogP contribution in [0, 0.1) is 0 Å². The van der Waals surface area contributed by atoms with E-state index in [0.717, 1.165) is 43.9 Å². The molecule has 9 rings (SSSR count). The van der Waals surface area contributed by atoms with Gasteiger partial charge in [0.1, 0.15) is 11.4 Å². The Bertz CT molecular complexity index is 2420. The van der Waals surface area contributed by atoms with E-state index in [0.29, 0.717) is 29.0 Å². The molecule has 7 heteroatoms. The van der Waals surface area contributed by atoms with E-state index in [1.54, 1.807) is 12.4 Å². The third-order valence-corrected chi connectivity index (χ3v) is 8.09. The standard InChI is InChI=1S/C37H23N7/c1-2-12-24(13-3-1)43-31-18-6-4-14-25(31)27-20-21-28-26-15-5-7-19-32(26)44(34(28)33(27)43)37-41-35(29-16-8-10-22-38-29)40-36(42-37)30-17-9-11-23-39-30/h1-23H. The normalized spacial score (nSPS) is 11.6. The van der Waals surface area contributed by atoms with Gasteiger partial charge in [-0.25, -0.2) is 4.98 Å². The highest BCUT2D eigenvalue weighted by Crippen LogP contribution is 2.41. The highest BCUT2D eigenvalue weighted by molar-refractivity contribution is 6.23. The van der Waals surface area contributed by atoms with Gasteiger partial charge in [0.15, 0.2) is 11.6 Å². The molecule has 0 N–H and O–H groups in total. The first-order chi connectivity index (χ1) is 21.8. The Morgan fingerprint density at radius 2 is 0.886 bits per heavy atom. The van der Waals surface area contributed by atoms with Gasteiger partial charge in [0.25, 0.3) is 0 Å². The van der Waals surface area contributed by atoms with Crippen molar-refractivity contribution in [2.45, 2.75) is 0 Å². The fourth-order valence-electron chi connectivity index (χ4n) is 6.24. The van der Waals surface area contributed by atoms with Crippen LogP contribution in [0.2, 0.25) is 0 Å². The summed E-state index contributed by atoms with van der Waals surface area (Å²) in [5, 5.41) is 4.58. The molecule has 0 unspecified atom stereocenters. The smallest absolute Gasteiger partial charge is 0.238 e. The SMILES string of the molecule is c1ccc(-n2c3ccccc3c3ccc4c5ccccc5n(-c5nc(-c6ccccn6)nc(-c6ccccn6)n5)c4c32)cc1. The van der Waals surface area contributed by atoms with Crippen molar-refractivity contribution in [2.24, 2.45) is 0 Å². The van der Waals surface area contributed by atoms with Gasteiger partial charge in [-0.3, -0.25) is 14.5 Å². The summed E-state index contributed by atoms with van der Waals surface area (Å²) in [5.41, 5.74) is 6.67. The number of hydrogen-bond donors (Lipinski definition) is 0. The Hall–Kier alpha value is -6.21. The van der Waals surface area contributed by atoms with Crippen LogP contribution in [0.1, 0.15) is 0 Å². The molecule has 0 atom stereocenters. The molecule has 7 nitrogen and oxygen atoms in total. The molecule has 206 valence electrons. The lowest BCUT2D eigenvalue weighted by Gasteiger charge is -2.13. The van der Waals surface area contributed by atoms with E-state index in [-0.39, 0.29) is 0 Å². The molecule has 0 bridgehead atoms. The molecule has 0 radical (unpaired) electrons. The van der Waals surface area contributed by atoms with E-state index in [2.05, 4.69) is 104 Å². The van der Waals surface area contributed by atoms with Gasteiger partial charge in [0.05, 0.1) is 22.1 Å². The molecule has 9 aromatic rings. The summed E-state index contributed by atoms with van der Waals surface area (Å²) in [6.07, 6.45) is 3.50. The van der Waals surface area contributed by atoms with Crippen molar-refractivity contribution < 1.29 is 0 Å². The van der Waals surface area contributed by atoms with Crippen LogP contribution in [-0.2, 0) is 0 Å². The second kappa shape index (κ2) is 9.68. The molecule has 0 saturated carbocycles. The molecular formula is C37H23N7. The predicted molar refractivity (Wildman–Crippen MR) is 175 cm³/mol. The molecular weight excluding hydrogens is 542 g/mol. The van der Waals surface area contributed by atoms with Crippen molar-refractivity contribution in [1.82, 2.24) is 34.1 Å². The molecule has 0 aliphatic rings. The van der Waals surface area contributed by atoms with E-state index in [4.69, 9.17) is 15.0 Å².